The molecule has 0 fully saturated rings. The lowest BCUT2D eigenvalue weighted by molar-refractivity contribution is 0.426. The van der Waals surface area contributed by atoms with Crippen molar-refractivity contribution in [3.63, 3.8) is 0 Å². The van der Waals surface area contributed by atoms with Crippen LogP contribution in [0.2, 0.25) is 0 Å². The van der Waals surface area contributed by atoms with Gasteiger partial charge in [-0.1, -0.05) is 177 Å². The topological polar surface area (TPSA) is 40.5 Å². The second-order valence-electron chi connectivity index (χ2n) is 13.1. The third-order valence-electron chi connectivity index (χ3n) is 9.73. The molecule has 0 aliphatic carbocycles. The minimum absolute atomic E-state index is 0.549. The SMILES string of the molecule is Brc1cccc(-c2cc3ccc4ccccc4c3c3ccccc23)c1.Brc1cccc(I)c1.OB(O)c1cc2ccc3ccccc3c2c2ccccc12. The normalized spacial score (nSPS) is 11.1. The molecule has 0 aromatic heterocycles. The zero-order valence-electron chi connectivity index (χ0n) is 28.9. The first-order valence-corrected chi connectivity index (χ1v) is 20.2. The highest BCUT2D eigenvalue weighted by atomic mass is 127. The number of rotatable bonds is 2. The van der Waals surface area contributed by atoms with Crippen molar-refractivity contribution in [3.05, 3.63) is 195 Å². The van der Waals surface area contributed by atoms with E-state index in [1.54, 1.807) is 0 Å². The van der Waals surface area contributed by atoms with Gasteiger partial charge in [0.2, 0.25) is 0 Å². The van der Waals surface area contributed by atoms with Crippen LogP contribution in [0.25, 0.3) is 75.8 Å². The van der Waals surface area contributed by atoms with E-state index in [9.17, 15) is 10.0 Å². The second-order valence-corrected chi connectivity index (χ2v) is 16.2. The Kier molecular flexibility index (Phi) is 10.8. The van der Waals surface area contributed by atoms with E-state index in [1.165, 1.54) is 57.8 Å². The van der Waals surface area contributed by atoms with E-state index < -0.39 is 7.12 Å². The summed E-state index contributed by atoms with van der Waals surface area (Å²) in [4.78, 5) is 0. The average Bonchev–Trinajstić information content (AvgIpc) is 3.20. The van der Waals surface area contributed by atoms with Gasteiger partial charge < -0.3 is 10.0 Å². The van der Waals surface area contributed by atoms with E-state index in [0.717, 1.165) is 30.5 Å². The molecule has 0 heterocycles. The molecule has 10 aromatic carbocycles. The molecule has 260 valence electrons. The molecule has 0 saturated carbocycles. The van der Waals surface area contributed by atoms with Crippen LogP contribution in [0.3, 0.4) is 0 Å². The van der Waals surface area contributed by atoms with Crippen LogP contribution in [0.15, 0.2) is 191 Å². The van der Waals surface area contributed by atoms with E-state index in [1.807, 2.05) is 60.7 Å². The lowest BCUT2D eigenvalue weighted by atomic mass is 9.75. The molecule has 6 heteroatoms. The summed E-state index contributed by atoms with van der Waals surface area (Å²) in [5.74, 6) is 0. The summed E-state index contributed by atoms with van der Waals surface area (Å²) < 4.78 is 3.51. The van der Waals surface area contributed by atoms with Crippen molar-refractivity contribution in [2.75, 3.05) is 0 Å². The fourth-order valence-electron chi connectivity index (χ4n) is 7.35. The number of hydrogen-bond donors (Lipinski definition) is 2. The molecule has 54 heavy (non-hydrogen) atoms. The fourth-order valence-corrected chi connectivity index (χ4v) is 9.12. The highest BCUT2D eigenvalue weighted by Crippen LogP contribution is 2.39. The van der Waals surface area contributed by atoms with Gasteiger partial charge in [-0.05, 0) is 140 Å². The van der Waals surface area contributed by atoms with Gasteiger partial charge in [-0.2, -0.15) is 0 Å². The lowest BCUT2D eigenvalue weighted by Crippen LogP contribution is -2.30. The fraction of sp³-hybridized carbons (Fsp3) is 0. The zero-order valence-corrected chi connectivity index (χ0v) is 34.3. The van der Waals surface area contributed by atoms with Crippen molar-refractivity contribution in [1.29, 1.82) is 0 Å². The van der Waals surface area contributed by atoms with Crippen molar-refractivity contribution in [2.24, 2.45) is 0 Å². The molecule has 0 aliphatic rings. The molecule has 2 nitrogen and oxygen atoms in total. The summed E-state index contributed by atoms with van der Waals surface area (Å²) in [6.45, 7) is 0. The molecule has 0 saturated heterocycles. The van der Waals surface area contributed by atoms with Gasteiger partial charge in [-0.25, -0.2) is 0 Å². The Balaban J connectivity index is 0.000000129. The molecule has 0 radical (unpaired) electrons. The van der Waals surface area contributed by atoms with Crippen LogP contribution in [0.4, 0.5) is 0 Å². The maximum Gasteiger partial charge on any atom is 0.489 e. The summed E-state index contributed by atoms with van der Waals surface area (Å²) in [5.41, 5.74) is 3.06. The quantitative estimate of drug-likeness (QED) is 0.103. The minimum atomic E-state index is -1.47. The van der Waals surface area contributed by atoms with E-state index in [2.05, 4.69) is 176 Å². The van der Waals surface area contributed by atoms with Crippen LogP contribution in [0, 0.1) is 3.57 Å². The number of benzene rings is 10. The molecule has 0 aliphatic heterocycles. The average molecular weight is 938 g/mol. The van der Waals surface area contributed by atoms with E-state index in [-0.39, 0.29) is 0 Å². The first-order chi connectivity index (χ1) is 26.4. The van der Waals surface area contributed by atoms with E-state index in [4.69, 9.17) is 0 Å². The van der Waals surface area contributed by atoms with Gasteiger partial charge in [0.1, 0.15) is 0 Å². The van der Waals surface area contributed by atoms with Crippen molar-refractivity contribution >= 4 is 132 Å². The zero-order chi connectivity index (χ0) is 37.2. The smallest absolute Gasteiger partial charge is 0.423 e. The van der Waals surface area contributed by atoms with Crippen LogP contribution in [-0.4, -0.2) is 17.2 Å². The first kappa shape index (κ1) is 36.4. The summed E-state index contributed by atoms with van der Waals surface area (Å²) >= 11 is 9.24. The Morgan fingerprint density at radius 3 is 1.39 bits per heavy atom. The lowest BCUT2D eigenvalue weighted by Gasteiger charge is -2.13. The molecular weight excluding hydrogens is 906 g/mol. The summed E-state index contributed by atoms with van der Waals surface area (Å²) in [6.07, 6.45) is 0. The largest absolute Gasteiger partial charge is 0.489 e. The van der Waals surface area contributed by atoms with Gasteiger partial charge in [0.05, 0.1) is 0 Å². The van der Waals surface area contributed by atoms with Crippen molar-refractivity contribution < 1.29 is 10.0 Å². The Morgan fingerprint density at radius 2 is 0.852 bits per heavy atom. The predicted molar refractivity (Wildman–Crippen MR) is 248 cm³/mol. The third-order valence-corrected chi connectivity index (χ3v) is 11.4. The van der Waals surface area contributed by atoms with E-state index >= 15 is 0 Å². The van der Waals surface area contributed by atoms with Gasteiger partial charge in [0, 0.05) is 12.5 Å². The Hall–Kier alpha value is -4.57. The van der Waals surface area contributed by atoms with Crippen molar-refractivity contribution in [1.82, 2.24) is 0 Å². The molecule has 0 atom stereocenters. The molecule has 0 amide bonds. The van der Waals surface area contributed by atoms with Crippen LogP contribution in [-0.2, 0) is 0 Å². The van der Waals surface area contributed by atoms with Gasteiger partial charge in [0.15, 0.2) is 0 Å². The predicted octanol–water partition coefficient (Wildman–Crippen LogP) is 13.5. The van der Waals surface area contributed by atoms with Gasteiger partial charge >= 0.3 is 7.12 Å². The maximum absolute atomic E-state index is 9.65. The monoisotopic (exact) mass is 936 g/mol. The van der Waals surface area contributed by atoms with Gasteiger partial charge in [-0.3, -0.25) is 0 Å². The number of halogens is 3. The highest BCUT2D eigenvalue weighted by Gasteiger charge is 2.17. The van der Waals surface area contributed by atoms with Crippen LogP contribution in [0.1, 0.15) is 0 Å². The summed E-state index contributed by atoms with van der Waals surface area (Å²) in [6, 6.07) is 63.0. The highest BCUT2D eigenvalue weighted by molar-refractivity contribution is 14.1. The van der Waals surface area contributed by atoms with Crippen LogP contribution < -0.4 is 5.46 Å². The molecule has 10 aromatic rings. The van der Waals surface area contributed by atoms with Gasteiger partial charge in [-0.15, -0.1) is 0 Å². The van der Waals surface area contributed by atoms with E-state index in [0.29, 0.717) is 5.46 Å². The molecule has 2 N–H and O–H groups in total. The molecule has 0 spiro atoms. The first-order valence-electron chi connectivity index (χ1n) is 17.6. The summed E-state index contributed by atoms with van der Waals surface area (Å²) in [5, 5.41) is 33.6. The van der Waals surface area contributed by atoms with Crippen LogP contribution in [0.5, 0.6) is 0 Å². The van der Waals surface area contributed by atoms with Crippen molar-refractivity contribution in [2.45, 2.75) is 0 Å². The second kappa shape index (κ2) is 16.0. The Labute approximate surface area is 344 Å². The number of fused-ring (bicyclic) bond motifs is 10. The molecule has 0 unspecified atom stereocenters. The Bertz CT molecular complexity index is 2960. The molecular formula is C48H32BBr2IO2. The Morgan fingerprint density at radius 1 is 0.389 bits per heavy atom. The molecule has 0 bridgehead atoms. The van der Waals surface area contributed by atoms with Gasteiger partial charge in [0.25, 0.3) is 0 Å². The minimum Gasteiger partial charge on any atom is -0.423 e. The van der Waals surface area contributed by atoms with Crippen LogP contribution >= 0.6 is 54.5 Å². The standard InChI is InChI=1S/C24H15Br.C18H13BO2.C6H4BrI/c25-19-8-5-7-17(14-19)23-15-18-13-12-16-6-1-2-9-20(16)24(18)22-11-4-3-10-21(22)23;20-19(21)17-11-13-10-9-12-5-1-2-6-14(12)18(13)16-8-4-3-7-15(16)17;7-5-2-1-3-6(8)4-5/h1-15H;1-11,20-21H;1-4H. The third kappa shape index (κ3) is 7.42. The maximum atomic E-state index is 9.65. The summed E-state index contributed by atoms with van der Waals surface area (Å²) in [7, 11) is -1.47. The molecule has 10 rings (SSSR count). The van der Waals surface area contributed by atoms with Crippen molar-refractivity contribution in [3.8, 4) is 11.1 Å². The number of hydrogen-bond acceptors (Lipinski definition) is 2.